The third kappa shape index (κ3) is 2.31. The van der Waals surface area contributed by atoms with Crippen LogP contribution in [0.5, 0.6) is 5.75 Å². The number of methoxy groups -OCH3 is 1. The number of hydrogen-bond donors (Lipinski definition) is 0. The van der Waals surface area contributed by atoms with Gasteiger partial charge in [-0.05, 0) is 25.5 Å². The first-order valence-corrected chi connectivity index (χ1v) is 4.37. The van der Waals surface area contributed by atoms with E-state index in [-0.39, 0.29) is 18.0 Å². The Hall–Kier alpha value is -1.38. The summed E-state index contributed by atoms with van der Waals surface area (Å²) in [5, 5.41) is 0. The molecule has 0 spiro atoms. The van der Waals surface area contributed by atoms with Crippen molar-refractivity contribution in [2.45, 2.75) is 20.3 Å². The average Bonchev–Trinajstić information content (AvgIpc) is 2.10. The molecule has 0 N–H and O–H groups in total. The van der Waals surface area contributed by atoms with Gasteiger partial charge < -0.3 is 4.74 Å². The second kappa shape index (κ2) is 4.22. The Kier molecular flexibility index (Phi) is 3.23. The molecule has 1 rings (SSSR count). The van der Waals surface area contributed by atoms with Crippen molar-refractivity contribution < 1.29 is 13.9 Å². The minimum absolute atomic E-state index is 0.0364. The Labute approximate surface area is 82.7 Å². The quantitative estimate of drug-likeness (QED) is 0.741. The standard InChI is InChI=1S/C11H13FO2/c1-7-4-9(5-8(2)13)11(14-3)6-10(7)12/h4,6H,5H2,1-3H3. The van der Waals surface area contributed by atoms with Crippen LogP contribution in [0.15, 0.2) is 12.1 Å². The van der Waals surface area contributed by atoms with Crippen LogP contribution in [0.2, 0.25) is 0 Å². The average molecular weight is 196 g/mol. The summed E-state index contributed by atoms with van der Waals surface area (Å²) in [5.74, 6) is 0.159. The Morgan fingerprint density at radius 1 is 1.50 bits per heavy atom. The third-order valence-electron chi connectivity index (χ3n) is 2.00. The molecule has 0 aromatic heterocycles. The molecule has 0 fully saturated rings. The molecule has 0 radical (unpaired) electrons. The number of halogens is 1. The first-order valence-electron chi connectivity index (χ1n) is 4.37. The molecule has 3 heteroatoms. The van der Waals surface area contributed by atoms with Gasteiger partial charge in [-0.1, -0.05) is 0 Å². The Bertz CT molecular complexity index is 359. The van der Waals surface area contributed by atoms with Gasteiger partial charge >= 0.3 is 0 Å². The first-order chi connectivity index (χ1) is 6.54. The van der Waals surface area contributed by atoms with E-state index in [0.29, 0.717) is 11.3 Å². The van der Waals surface area contributed by atoms with Crippen molar-refractivity contribution in [2.24, 2.45) is 0 Å². The number of Topliss-reactive ketones (excluding diaryl/α,β-unsaturated/α-hetero) is 1. The maximum atomic E-state index is 13.1. The number of carbonyl (C=O) groups is 1. The van der Waals surface area contributed by atoms with Crippen LogP contribution in [0.1, 0.15) is 18.1 Å². The summed E-state index contributed by atoms with van der Waals surface area (Å²) in [5.41, 5.74) is 1.26. The fourth-order valence-corrected chi connectivity index (χ4v) is 1.32. The Balaban J connectivity index is 3.13. The number of rotatable bonds is 3. The summed E-state index contributed by atoms with van der Waals surface area (Å²) >= 11 is 0. The van der Waals surface area contributed by atoms with Gasteiger partial charge in [0.15, 0.2) is 0 Å². The second-order valence-electron chi connectivity index (χ2n) is 3.29. The highest BCUT2D eigenvalue weighted by Crippen LogP contribution is 2.22. The van der Waals surface area contributed by atoms with Gasteiger partial charge in [-0.3, -0.25) is 4.79 Å². The molecule has 1 aromatic rings. The van der Waals surface area contributed by atoms with Gasteiger partial charge in [0, 0.05) is 18.1 Å². The van der Waals surface area contributed by atoms with E-state index in [1.807, 2.05) is 0 Å². The highest BCUT2D eigenvalue weighted by Gasteiger charge is 2.09. The van der Waals surface area contributed by atoms with E-state index in [1.165, 1.54) is 20.1 Å². The summed E-state index contributed by atoms with van der Waals surface area (Å²) in [4.78, 5) is 10.9. The largest absolute Gasteiger partial charge is 0.496 e. The lowest BCUT2D eigenvalue weighted by Gasteiger charge is -2.08. The normalized spacial score (nSPS) is 10.0. The van der Waals surface area contributed by atoms with Crippen LogP contribution in [-0.4, -0.2) is 12.9 Å². The molecule has 0 aliphatic carbocycles. The van der Waals surface area contributed by atoms with E-state index in [0.717, 1.165) is 5.56 Å². The monoisotopic (exact) mass is 196 g/mol. The maximum Gasteiger partial charge on any atom is 0.134 e. The summed E-state index contributed by atoms with van der Waals surface area (Å²) in [6.45, 7) is 3.16. The summed E-state index contributed by atoms with van der Waals surface area (Å²) in [6.07, 6.45) is 0.282. The molecule has 0 saturated heterocycles. The van der Waals surface area contributed by atoms with Crippen molar-refractivity contribution in [3.63, 3.8) is 0 Å². The summed E-state index contributed by atoms with van der Waals surface area (Å²) in [7, 11) is 1.47. The zero-order valence-electron chi connectivity index (χ0n) is 8.56. The van der Waals surface area contributed by atoms with E-state index in [1.54, 1.807) is 13.0 Å². The van der Waals surface area contributed by atoms with Crippen LogP contribution < -0.4 is 4.74 Å². The molecule has 0 unspecified atom stereocenters. The van der Waals surface area contributed by atoms with Crippen LogP contribution in [0, 0.1) is 12.7 Å². The fraction of sp³-hybridized carbons (Fsp3) is 0.364. The molecular formula is C11H13FO2. The Morgan fingerprint density at radius 2 is 2.14 bits per heavy atom. The van der Waals surface area contributed by atoms with E-state index in [2.05, 4.69) is 0 Å². The number of ketones is 1. The third-order valence-corrected chi connectivity index (χ3v) is 2.00. The maximum absolute atomic E-state index is 13.1. The van der Waals surface area contributed by atoms with Gasteiger partial charge in [0.2, 0.25) is 0 Å². The molecule has 14 heavy (non-hydrogen) atoms. The molecule has 0 heterocycles. The predicted molar refractivity (Wildman–Crippen MR) is 52.1 cm³/mol. The highest BCUT2D eigenvalue weighted by molar-refractivity contribution is 5.79. The highest BCUT2D eigenvalue weighted by atomic mass is 19.1. The summed E-state index contributed by atoms with van der Waals surface area (Å²) in [6, 6.07) is 2.96. The minimum Gasteiger partial charge on any atom is -0.496 e. The van der Waals surface area contributed by atoms with E-state index in [9.17, 15) is 9.18 Å². The lowest BCUT2D eigenvalue weighted by atomic mass is 10.1. The van der Waals surface area contributed by atoms with Crippen molar-refractivity contribution in [1.29, 1.82) is 0 Å². The molecule has 0 aliphatic rings. The number of benzene rings is 1. The van der Waals surface area contributed by atoms with Gasteiger partial charge in [0.1, 0.15) is 17.3 Å². The van der Waals surface area contributed by atoms with Gasteiger partial charge in [-0.25, -0.2) is 4.39 Å². The molecule has 0 amide bonds. The lowest BCUT2D eigenvalue weighted by molar-refractivity contribution is -0.116. The van der Waals surface area contributed by atoms with Gasteiger partial charge in [0.05, 0.1) is 7.11 Å². The van der Waals surface area contributed by atoms with Crippen LogP contribution in [0.25, 0.3) is 0 Å². The zero-order chi connectivity index (χ0) is 10.7. The van der Waals surface area contributed by atoms with Crippen molar-refractivity contribution in [3.8, 4) is 5.75 Å². The molecule has 0 atom stereocenters. The molecule has 76 valence electrons. The molecule has 2 nitrogen and oxygen atoms in total. The number of carbonyl (C=O) groups excluding carboxylic acids is 1. The summed E-state index contributed by atoms with van der Waals surface area (Å²) < 4.78 is 18.1. The molecular weight excluding hydrogens is 183 g/mol. The van der Waals surface area contributed by atoms with Crippen LogP contribution >= 0.6 is 0 Å². The van der Waals surface area contributed by atoms with Crippen molar-refractivity contribution in [1.82, 2.24) is 0 Å². The topological polar surface area (TPSA) is 26.3 Å². The van der Waals surface area contributed by atoms with Crippen LogP contribution in [0.4, 0.5) is 4.39 Å². The molecule has 0 aliphatic heterocycles. The van der Waals surface area contributed by atoms with E-state index in [4.69, 9.17) is 4.74 Å². The number of ether oxygens (including phenoxy) is 1. The van der Waals surface area contributed by atoms with Crippen molar-refractivity contribution >= 4 is 5.78 Å². The van der Waals surface area contributed by atoms with Crippen molar-refractivity contribution in [3.05, 3.63) is 29.1 Å². The lowest BCUT2D eigenvalue weighted by Crippen LogP contribution is -2.01. The van der Waals surface area contributed by atoms with Crippen molar-refractivity contribution in [2.75, 3.05) is 7.11 Å². The van der Waals surface area contributed by atoms with Gasteiger partial charge in [0.25, 0.3) is 0 Å². The van der Waals surface area contributed by atoms with Gasteiger partial charge in [-0.2, -0.15) is 0 Å². The number of hydrogen-bond acceptors (Lipinski definition) is 2. The van der Waals surface area contributed by atoms with Crippen LogP contribution in [0.3, 0.4) is 0 Å². The minimum atomic E-state index is -0.311. The van der Waals surface area contributed by atoms with Gasteiger partial charge in [-0.15, -0.1) is 0 Å². The molecule has 0 saturated carbocycles. The SMILES string of the molecule is COc1cc(F)c(C)cc1CC(C)=O. The smallest absolute Gasteiger partial charge is 0.134 e. The number of aryl methyl sites for hydroxylation is 1. The molecule has 0 bridgehead atoms. The zero-order valence-corrected chi connectivity index (χ0v) is 8.56. The second-order valence-corrected chi connectivity index (χ2v) is 3.29. The molecule has 1 aromatic carbocycles. The van der Waals surface area contributed by atoms with E-state index >= 15 is 0 Å². The fourth-order valence-electron chi connectivity index (χ4n) is 1.32. The van der Waals surface area contributed by atoms with E-state index < -0.39 is 0 Å². The first kappa shape index (κ1) is 10.7. The predicted octanol–water partition coefficient (Wildman–Crippen LogP) is 2.27. The Morgan fingerprint density at radius 3 is 2.64 bits per heavy atom. The van der Waals surface area contributed by atoms with Crippen LogP contribution in [-0.2, 0) is 11.2 Å².